The zero-order valence-corrected chi connectivity index (χ0v) is 23.6. The number of benzene rings is 3. The fourth-order valence-electron chi connectivity index (χ4n) is 3.59. The van der Waals surface area contributed by atoms with Crippen LogP contribution in [0.4, 0.5) is 0 Å². The fraction of sp³-hybridized carbons (Fsp3) is 0.115. The molecule has 0 saturated carbocycles. The molecular weight excluding hydrogens is 630 g/mol. The van der Waals surface area contributed by atoms with Gasteiger partial charge in [0, 0.05) is 4.47 Å². The molecule has 0 bridgehead atoms. The molecule has 0 aromatic heterocycles. The van der Waals surface area contributed by atoms with E-state index in [9.17, 15) is 14.7 Å². The Morgan fingerprint density at radius 3 is 2.47 bits per heavy atom. The Balaban J connectivity index is 1.59. The first-order valence-electron chi connectivity index (χ1n) is 10.6. The SMILES string of the molecule is COc1cc(/C=C2/SC(=S)N(C(C(=O)O)c3ccccc3)C2=O)cc(Br)c1OCc1ccc(Br)cc1. The Morgan fingerprint density at radius 1 is 1.14 bits per heavy atom. The maximum atomic E-state index is 13.2. The van der Waals surface area contributed by atoms with Gasteiger partial charge in [-0.05, 0) is 63.0 Å². The number of amides is 1. The van der Waals surface area contributed by atoms with Gasteiger partial charge >= 0.3 is 5.97 Å². The number of thiocarbonyl (C=S) groups is 1. The van der Waals surface area contributed by atoms with Gasteiger partial charge in [0.25, 0.3) is 5.91 Å². The van der Waals surface area contributed by atoms with Gasteiger partial charge in [-0.25, -0.2) is 4.79 Å². The van der Waals surface area contributed by atoms with Gasteiger partial charge in [0.05, 0.1) is 16.5 Å². The molecule has 6 nitrogen and oxygen atoms in total. The predicted molar refractivity (Wildman–Crippen MR) is 151 cm³/mol. The summed E-state index contributed by atoms with van der Waals surface area (Å²) in [4.78, 5) is 26.8. The van der Waals surface area contributed by atoms with Crippen LogP contribution in [-0.4, -0.2) is 33.3 Å². The van der Waals surface area contributed by atoms with E-state index in [1.54, 1.807) is 48.5 Å². The highest BCUT2D eigenvalue weighted by Gasteiger charge is 2.41. The topological polar surface area (TPSA) is 76.1 Å². The van der Waals surface area contributed by atoms with Crippen molar-refractivity contribution in [2.24, 2.45) is 0 Å². The number of ether oxygens (including phenoxy) is 2. The van der Waals surface area contributed by atoms with Crippen molar-refractivity contribution in [3.8, 4) is 11.5 Å². The lowest BCUT2D eigenvalue weighted by Gasteiger charge is -2.23. The number of aliphatic carboxylic acids is 1. The first-order valence-corrected chi connectivity index (χ1v) is 13.4. The van der Waals surface area contributed by atoms with Crippen LogP contribution in [0.15, 0.2) is 80.6 Å². The van der Waals surface area contributed by atoms with Crippen molar-refractivity contribution in [1.82, 2.24) is 4.90 Å². The summed E-state index contributed by atoms with van der Waals surface area (Å²) in [6.07, 6.45) is 1.66. The largest absolute Gasteiger partial charge is 0.493 e. The van der Waals surface area contributed by atoms with Gasteiger partial charge in [0.2, 0.25) is 0 Å². The summed E-state index contributed by atoms with van der Waals surface area (Å²) < 4.78 is 13.3. The van der Waals surface area contributed by atoms with E-state index < -0.39 is 17.9 Å². The van der Waals surface area contributed by atoms with Crippen molar-refractivity contribution < 1.29 is 24.2 Å². The Bertz CT molecular complexity index is 1350. The predicted octanol–water partition coefficient (Wildman–Crippen LogP) is 6.83. The molecule has 1 amide bonds. The highest BCUT2D eigenvalue weighted by molar-refractivity contribution is 9.10. The van der Waals surface area contributed by atoms with E-state index in [0.29, 0.717) is 38.6 Å². The van der Waals surface area contributed by atoms with Crippen LogP contribution < -0.4 is 9.47 Å². The van der Waals surface area contributed by atoms with E-state index in [4.69, 9.17) is 21.7 Å². The maximum absolute atomic E-state index is 13.2. The van der Waals surface area contributed by atoms with E-state index in [1.807, 2.05) is 24.3 Å². The quantitative estimate of drug-likeness (QED) is 0.212. The fourth-order valence-corrected chi connectivity index (χ4v) is 5.74. The van der Waals surface area contributed by atoms with Gasteiger partial charge in [-0.1, -0.05) is 82.4 Å². The molecule has 1 fully saturated rings. The van der Waals surface area contributed by atoms with Crippen molar-refractivity contribution in [2.45, 2.75) is 12.6 Å². The smallest absolute Gasteiger partial charge is 0.331 e. The minimum absolute atomic E-state index is 0.183. The number of methoxy groups -OCH3 is 1. The van der Waals surface area contributed by atoms with Crippen LogP contribution in [0.25, 0.3) is 6.08 Å². The molecule has 0 aliphatic carbocycles. The second-order valence-corrected chi connectivity index (χ2v) is 11.1. The molecule has 4 rings (SSSR count). The van der Waals surface area contributed by atoms with Gasteiger partial charge in [-0.15, -0.1) is 0 Å². The lowest BCUT2D eigenvalue weighted by Crippen LogP contribution is -2.37. The minimum Gasteiger partial charge on any atom is -0.493 e. The molecule has 3 aromatic rings. The normalized spacial score (nSPS) is 15.3. The summed E-state index contributed by atoms with van der Waals surface area (Å²) in [6, 6.07) is 18.7. The molecule has 36 heavy (non-hydrogen) atoms. The summed E-state index contributed by atoms with van der Waals surface area (Å²) in [7, 11) is 1.54. The number of carboxylic acids is 1. The number of hydrogen-bond acceptors (Lipinski definition) is 6. The van der Waals surface area contributed by atoms with Gasteiger partial charge in [-0.2, -0.15) is 0 Å². The van der Waals surface area contributed by atoms with Crippen LogP contribution in [0.2, 0.25) is 0 Å². The summed E-state index contributed by atoms with van der Waals surface area (Å²) in [5.41, 5.74) is 2.13. The van der Waals surface area contributed by atoms with Gasteiger partial charge < -0.3 is 14.6 Å². The second-order valence-electron chi connectivity index (χ2n) is 7.65. The van der Waals surface area contributed by atoms with Gasteiger partial charge in [-0.3, -0.25) is 9.69 Å². The highest BCUT2D eigenvalue weighted by atomic mass is 79.9. The molecule has 1 heterocycles. The Kier molecular flexibility index (Phi) is 8.50. The number of carbonyl (C=O) groups excluding carboxylic acids is 1. The molecule has 1 saturated heterocycles. The van der Waals surface area contributed by atoms with E-state index in [0.717, 1.165) is 26.7 Å². The van der Waals surface area contributed by atoms with Crippen molar-refractivity contribution in [3.05, 3.63) is 97.3 Å². The molecule has 0 radical (unpaired) electrons. The summed E-state index contributed by atoms with van der Waals surface area (Å²) in [6.45, 7) is 0.344. The van der Waals surface area contributed by atoms with Crippen molar-refractivity contribution in [3.63, 3.8) is 0 Å². The van der Waals surface area contributed by atoms with E-state index in [2.05, 4.69) is 31.9 Å². The zero-order chi connectivity index (χ0) is 25.8. The number of hydrogen-bond donors (Lipinski definition) is 1. The number of thioether (sulfide) groups is 1. The average molecular weight is 649 g/mol. The van der Waals surface area contributed by atoms with Crippen LogP contribution in [0, 0.1) is 0 Å². The standard InChI is InChI=1S/C26H19Br2NO5S2/c1-33-20-12-16(11-19(28)23(20)34-14-15-7-9-18(27)10-8-15)13-21-24(30)29(26(35)36-21)22(25(31)32)17-5-3-2-4-6-17/h2-13,22H,14H2,1H3,(H,31,32)/b21-13+. The minimum atomic E-state index is -1.21. The summed E-state index contributed by atoms with van der Waals surface area (Å²) >= 11 is 13.4. The average Bonchev–Trinajstić information content (AvgIpc) is 3.12. The first kappa shape index (κ1) is 26.4. The van der Waals surface area contributed by atoms with Gasteiger partial charge in [0.15, 0.2) is 17.5 Å². The highest BCUT2D eigenvalue weighted by Crippen LogP contribution is 2.41. The third-order valence-electron chi connectivity index (χ3n) is 5.28. The first-order chi connectivity index (χ1) is 17.3. The van der Waals surface area contributed by atoms with Crippen molar-refractivity contribution >= 4 is 78.1 Å². The van der Waals surface area contributed by atoms with Crippen LogP contribution in [0.5, 0.6) is 11.5 Å². The lowest BCUT2D eigenvalue weighted by atomic mass is 10.1. The molecule has 1 atom stereocenters. The number of nitrogens with zero attached hydrogens (tertiary/aromatic N) is 1. The maximum Gasteiger partial charge on any atom is 0.331 e. The van der Waals surface area contributed by atoms with Gasteiger partial charge in [0.1, 0.15) is 10.9 Å². The Morgan fingerprint density at radius 2 is 1.83 bits per heavy atom. The van der Waals surface area contributed by atoms with E-state index in [1.165, 1.54) is 7.11 Å². The molecule has 1 aliphatic rings. The Labute approximate surface area is 234 Å². The third kappa shape index (κ3) is 5.83. The zero-order valence-electron chi connectivity index (χ0n) is 18.8. The molecule has 10 heteroatoms. The monoisotopic (exact) mass is 647 g/mol. The van der Waals surface area contributed by atoms with Crippen LogP contribution in [-0.2, 0) is 16.2 Å². The molecule has 1 unspecified atom stereocenters. The number of rotatable bonds is 8. The molecule has 1 aliphatic heterocycles. The molecule has 184 valence electrons. The molecule has 3 aromatic carbocycles. The third-order valence-corrected chi connectivity index (χ3v) is 7.73. The number of carbonyl (C=O) groups is 2. The second kappa shape index (κ2) is 11.6. The van der Waals surface area contributed by atoms with E-state index >= 15 is 0 Å². The number of carboxylic acid groups (broad SMARTS) is 1. The van der Waals surface area contributed by atoms with Crippen LogP contribution in [0.1, 0.15) is 22.7 Å². The molecule has 1 N–H and O–H groups in total. The molecule has 0 spiro atoms. The molecular formula is C26H19Br2NO5S2. The summed E-state index contributed by atoms with van der Waals surface area (Å²) in [5.74, 6) is -0.613. The Hall–Kier alpha value is -2.66. The van der Waals surface area contributed by atoms with Crippen molar-refractivity contribution in [1.29, 1.82) is 0 Å². The van der Waals surface area contributed by atoms with E-state index in [-0.39, 0.29) is 4.32 Å². The van der Waals surface area contributed by atoms with Crippen LogP contribution >= 0.6 is 55.8 Å². The van der Waals surface area contributed by atoms with Crippen molar-refractivity contribution in [2.75, 3.05) is 7.11 Å². The summed E-state index contributed by atoms with van der Waals surface area (Å²) in [5, 5.41) is 9.86. The lowest BCUT2D eigenvalue weighted by molar-refractivity contribution is -0.145. The number of halogens is 2. The van der Waals surface area contributed by atoms with Crippen LogP contribution in [0.3, 0.4) is 0 Å².